The van der Waals surface area contributed by atoms with Crippen molar-refractivity contribution in [1.82, 2.24) is 10.2 Å². The van der Waals surface area contributed by atoms with Crippen molar-refractivity contribution in [2.75, 3.05) is 32.2 Å². The van der Waals surface area contributed by atoms with Crippen LogP contribution in [0, 0.1) is 12.7 Å². The van der Waals surface area contributed by atoms with Gasteiger partial charge in [-0.2, -0.15) is 0 Å². The van der Waals surface area contributed by atoms with Crippen LogP contribution in [0.3, 0.4) is 0 Å². The van der Waals surface area contributed by atoms with E-state index in [-0.39, 0.29) is 17.8 Å². The van der Waals surface area contributed by atoms with Crippen LogP contribution < -0.4 is 19.7 Å². The van der Waals surface area contributed by atoms with Crippen molar-refractivity contribution in [2.45, 2.75) is 39.3 Å². The number of aryl methyl sites for hydroxylation is 1. The molecule has 0 bridgehead atoms. The molecule has 1 heterocycles. The fraction of sp³-hybridized carbons (Fsp3) is 0.323. The number of nitrogens with zero attached hydrogens (tertiary/aromatic N) is 2. The Hall–Kier alpha value is -3.84. The van der Waals surface area contributed by atoms with E-state index in [0.717, 1.165) is 72.2 Å². The number of halogens is 1. The van der Waals surface area contributed by atoms with Gasteiger partial charge in [-0.3, -0.25) is 9.69 Å². The molecule has 1 N–H and O–H groups in total. The second-order valence-corrected chi connectivity index (χ2v) is 9.75. The van der Waals surface area contributed by atoms with E-state index in [0.29, 0.717) is 5.56 Å². The van der Waals surface area contributed by atoms with Crippen LogP contribution in [0.15, 0.2) is 72.9 Å². The van der Waals surface area contributed by atoms with Gasteiger partial charge in [0.25, 0.3) is 5.91 Å². The summed E-state index contributed by atoms with van der Waals surface area (Å²) in [6.07, 6.45) is 1.73. The first-order valence-electron chi connectivity index (χ1n) is 12.8. The molecule has 0 atom stereocenters. The highest BCUT2D eigenvalue weighted by Crippen LogP contribution is 2.33. The zero-order valence-corrected chi connectivity index (χ0v) is 22.6. The second-order valence-electron chi connectivity index (χ2n) is 9.75. The minimum atomic E-state index is -0.297. The first kappa shape index (κ1) is 27.2. The zero-order valence-electron chi connectivity index (χ0n) is 22.6. The van der Waals surface area contributed by atoms with Crippen LogP contribution in [0.25, 0.3) is 0 Å². The van der Waals surface area contributed by atoms with Crippen molar-refractivity contribution in [1.29, 1.82) is 0 Å². The van der Waals surface area contributed by atoms with E-state index in [1.54, 1.807) is 26.4 Å². The lowest BCUT2D eigenvalue weighted by Crippen LogP contribution is -2.44. The summed E-state index contributed by atoms with van der Waals surface area (Å²) in [5, 5.41) is 3.22. The zero-order chi connectivity index (χ0) is 27.2. The van der Waals surface area contributed by atoms with Crippen LogP contribution in [-0.2, 0) is 6.54 Å². The Balaban J connectivity index is 1.41. The number of anilines is 2. The maximum atomic E-state index is 13.5. The molecule has 6 nitrogen and oxygen atoms in total. The third-order valence-corrected chi connectivity index (χ3v) is 6.98. The SMILES string of the molecule is C=C(C)N(c1ccc(F)cc1)c1cc(C(=O)NC2CCN(Cc3cc(OC)ccc3OC)CC2)ccc1C. The summed E-state index contributed by atoms with van der Waals surface area (Å²) in [4.78, 5) is 17.5. The molecule has 4 rings (SSSR count). The van der Waals surface area contributed by atoms with E-state index in [9.17, 15) is 9.18 Å². The van der Waals surface area contributed by atoms with Gasteiger partial charge in [0.15, 0.2) is 0 Å². The van der Waals surface area contributed by atoms with Crippen molar-refractivity contribution in [2.24, 2.45) is 0 Å². The number of benzene rings is 3. The maximum absolute atomic E-state index is 13.5. The fourth-order valence-corrected chi connectivity index (χ4v) is 4.90. The summed E-state index contributed by atoms with van der Waals surface area (Å²) in [6.45, 7) is 10.5. The molecule has 3 aromatic carbocycles. The molecule has 200 valence electrons. The largest absolute Gasteiger partial charge is 0.497 e. The molecule has 38 heavy (non-hydrogen) atoms. The topological polar surface area (TPSA) is 54.0 Å². The highest BCUT2D eigenvalue weighted by atomic mass is 19.1. The standard InChI is InChI=1S/C31H36FN3O3/c1-21(2)35(27-10-8-25(32)9-11-27)29-19-23(7-6-22(29)3)31(36)33-26-14-16-34(17-15-26)20-24-18-28(37-4)12-13-30(24)38-5/h6-13,18-19,26H,1,14-17,20H2,2-5H3,(H,33,36). The lowest BCUT2D eigenvalue weighted by molar-refractivity contribution is 0.0908. The van der Waals surface area contributed by atoms with E-state index in [2.05, 4.69) is 16.8 Å². The number of rotatable bonds is 9. The molecule has 1 aliphatic heterocycles. The van der Waals surface area contributed by atoms with Gasteiger partial charge in [-0.25, -0.2) is 4.39 Å². The van der Waals surface area contributed by atoms with Gasteiger partial charge >= 0.3 is 0 Å². The molecule has 1 saturated heterocycles. The average Bonchev–Trinajstić information content (AvgIpc) is 2.91. The van der Waals surface area contributed by atoms with Crippen LogP contribution >= 0.6 is 0 Å². The predicted octanol–water partition coefficient (Wildman–Crippen LogP) is 6.22. The Bertz CT molecular complexity index is 1280. The van der Waals surface area contributed by atoms with Crippen LogP contribution in [0.5, 0.6) is 11.5 Å². The van der Waals surface area contributed by atoms with Gasteiger partial charge in [0.1, 0.15) is 17.3 Å². The van der Waals surface area contributed by atoms with Crippen LogP contribution in [0.2, 0.25) is 0 Å². The lowest BCUT2D eigenvalue weighted by atomic mass is 10.0. The van der Waals surface area contributed by atoms with Gasteiger partial charge < -0.3 is 19.7 Å². The van der Waals surface area contributed by atoms with Crippen molar-refractivity contribution in [3.05, 3.63) is 95.4 Å². The molecule has 0 saturated carbocycles. The highest BCUT2D eigenvalue weighted by Gasteiger charge is 2.23. The molecule has 7 heteroatoms. The first-order valence-corrected chi connectivity index (χ1v) is 12.8. The van der Waals surface area contributed by atoms with Gasteiger partial charge in [0.05, 0.1) is 14.2 Å². The number of piperidine rings is 1. The molecule has 0 unspecified atom stereocenters. The number of carbonyl (C=O) groups is 1. The minimum absolute atomic E-state index is 0.0973. The van der Waals surface area contributed by atoms with Gasteiger partial charge in [0.2, 0.25) is 0 Å². The van der Waals surface area contributed by atoms with Crippen molar-refractivity contribution in [3.8, 4) is 11.5 Å². The highest BCUT2D eigenvalue weighted by molar-refractivity contribution is 5.96. The molecule has 0 aromatic heterocycles. The van der Waals surface area contributed by atoms with Crippen LogP contribution in [-0.4, -0.2) is 44.2 Å². The fourth-order valence-electron chi connectivity index (χ4n) is 4.90. The summed E-state index contributed by atoms with van der Waals surface area (Å²) < 4.78 is 24.4. The van der Waals surface area contributed by atoms with E-state index in [4.69, 9.17) is 9.47 Å². The average molecular weight is 518 g/mol. The molecular weight excluding hydrogens is 481 g/mol. The smallest absolute Gasteiger partial charge is 0.251 e. The Labute approximate surface area is 224 Å². The number of allylic oxidation sites excluding steroid dienone is 1. The number of likely N-dealkylation sites (tertiary alicyclic amines) is 1. The lowest BCUT2D eigenvalue weighted by Gasteiger charge is -2.33. The molecule has 0 spiro atoms. The summed E-state index contributed by atoms with van der Waals surface area (Å²) in [6, 6.07) is 17.9. The molecule has 3 aromatic rings. The quantitative estimate of drug-likeness (QED) is 0.365. The van der Waals surface area contributed by atoms with Gasteiger partial charge in [-0.05, 0) is 86.8 Å². The predicted molar refractivity (Wildman–Crippen MR) is 150 cm³/mol. The number of methoxy groups -OCH3 is 2. The molecular formula is C31H36FN3O3. The van der Waals surface area contributed by atoms with Gasteiger partial charge in [-0.15, -0.1) is 0 Å². The van der Waals surface area contributed by atoms with Crippen molar-refractivity contribution in [3.63, 3.8) is 0 Å². The summed E-state index contributed by atoms with van der Waals surface area (Å²) in [5.41, 5.74) is 5.08. The van der Waals surface area contributed by atoms with Crippen molar-refractivity contribution >= 4 is 17.3 Å². The normalized spacial score (nSPS) is 14.1. The Morgan fingerprint density at radius 1 is 1.05 bits per heavy atom. The number of hydrogen-bond acceptors (Lipinski definition) is 5. The first-order chi connectivity index (χ1) is 18.3. The monoisotopic (exact) mass is 517 g/mol. The molecule has 1 amide bonds. The van der Waals surface area contributed by atoms with E-state index in [1.807, 2.05) is 55.1 Å². The van der Waals surface area contributed by atoms with Crippen molar-refractivity contribution < 1.29 is 18.7 Å². The molecule has 0 radical (unpaired) electrons. The van der Waals surface area contributed by atoms with Crippen LogP contribution in [0.1, 0.15) is 41.3 Å². The van der Waals surface area contributed by atoms with E-state index < -0.39 is 0 Å². The summed E-state index contributed by atoms with van der Waals surface area (Å²) >= 11 is 0. The molecule has 0 aliphatic carbocycles. The van der Waals surface area contributed by atoms with Gasteiger partial charge in [-0.1, -0.05) is 12.6 Å². The number of amides is 1. The second kappa shape index (κ2) is 12.1. The molecule has 1 aliphatic rings. The van der Waals surface area contributed by atoms with E-state index in [1.165, 1.54) is 12.1 Å². The minimum Gasteiger partial charge on any atom is -0.497 e. The number of nitrogens with one attached hydrogen (secondary N) is 1. The summed E-state index contributed by atoms with van der Waals surface area (Å²) in [5.74, 6) is 1.26. The van der Waals surface area contributed by atoms with E-state index >= 15 is 0 Å². The number of hydrogen-bond donors (Lipinski definition) is 1. The third kappa shape index (κ3) is 6.34. The third-order valence-electron chi connectivity index (χ3n) is 6.98. The maximum Gasteiger partial charge on any atom is 0.251 e. The Morgan fingerprint density at radius 3 is 2.39 bits per heavy atom. The number of carbonyl (C=O) groups excluding carboxylic acids is 1. The van der Waals surface area contributed by atoms with Gasteiger partial charge in [0, 0.05) is 53.9 Å². The van der Waals surface area contributed by atoms with Crippen LogP contribution in [0.4, 0.5) is 15.8 Å². The Morgan fingerprint density at radius 2 is 1.76 bits per heavy atom. The molecule has 1 fully saturated rings. The summed E-state index contributed by atoms with van der Waals surface area (Å²) in [7, 11) is 3.34. The Kier molecular flexibility index (Phi) is 8.69. The number of ether oxygens (including phenoxy) is 2.